The first-order valence-corrected chi connectivity index (χ1v) is 3.40. The second-order valence-electron chi connectivity index (χ2n) is 1.07. The maximum absolute atomic E-state index is 10.8. The van der Waals surface area contributed by atoms with Crippen LogP contribution in [-0.4, -0.2) is 30.5 Å². The zero-order valence-electron chi connectivity index (χ0n) is 5.07. The minimum absolute atomic E-state index is 0. The third-order valence-electron chi connectivity index (χ3n) is 0. The Kier molecular flexibility index (Phi) is 16.7. The van der Waals surface area contributed by atoms with Crippen molar-refractivity contribution in [3.63, 3.8) is 0 Å². The van der Waals surface area contributed by atoms with Crippen LogP contribution in [0.2, 0.25) is 0 Å². The summed E-state index contributed by atoms with van der Waals surface area (Å²) in [6, 6.07) is 0. The summed E-state index contributed by atoms with van der Waals surface area (Å²) in [5, 5.41) is 0. The van der Waals surface area contributed by atoms with Gasteiger partial charge in [-0.3, -0.25) is 0 Å². The van der Waals surface area contributed by atoms with Crippen molar-refractivity contribution in [1.82, 2.24) is 0 Å². The molecule has 0 aliphatic carbocycles. The van der Waals surface area contributed by atoms with Crippen LogP contribution in [0.3, 0.4) is 0 Å². The fourth-order valence-corrected chi connectivity index (χ4v) is 0. The van der Waals surface area contributed by atoms with Gasteiger partial charge in [-0.25, -0.2) is 0 Å². The Bertz CT molecular complexity index is 78.1. The molecule has 12 heavy (non-hydrogen) atoms. The summed E-state index contributed by atoms with van der Waals surface area (Å²) in [5.74, 6) is 0. The van der Waals surface area contributed by atoms with Gasteiger partial charge >= 0.3 is 50.3 Å². The summed E-state index contributed by atoms with van der Waals surface area (Å²) in [5.41, 5.74) is 0. The molecule has 0 heterocycles. The number of hydrogen-bond acceptors (Lipinski definition) is 0. The standard InChI is InChI=1S/Cu.F6Si.4H2O/c;1-7(2,3,4,5)6;;;;/h;;4*1H2/q+2;-2;;;;. The van der Waals surface area contributed by atoms with Crippen molar-refractivity contribution in [2.45, 2.75) is 0 Å². The molecule has 0 bridgehead atoms. The number of rotatable bonds is 0. The summed E-state index contributed by atoms with van der Waals surface area (Å²) < 4.78 is 59.3. The van der Waals surface area contributed by atoms with Gasteiger partial charge in [-0.05, 0) is 0 Å². The first kappa shape index (κ1) is 39.9. The average Bonchev–Trinajstić information content (AvgIpc) is 0.592. The van der Waals surface area contributed by atoms with E-state index in [2.05, 4.69) is 0 Å². The summed E-state index contributed by atoms with van der Waals surface area (Å²) in [6.45, 7) is 0. The van der Waals surface area contributed by atoms with Gasteiger partial charge in [0.05, 0.1) is 0 Å². The van der Waals surface area contributed by atoms with Crippen molar-refractivity contribution in [3.8, 4) is 0 Å². The monoisotopic (exact) mass is 277 g/mol. The van der Waals surface area contributed by atoms with Crippen LogP contribution in [-0.2, 0) is 17.1 Å². The molecule has 0 saturated carbocycles. The van der Waals surface area contributed by atoms with E-state index in [0.717, 1.165) is 0 Å². The quantitative estimate of drug-likeness (QED) is 0.301. The van der Waals surface area contributed by atoms with Crippen molar-refractivity contribution in [2.75, 3.05) is 0 Å². The molecule has 0 saturated heterocycles. The Hall–Kier alpha value is 0.156. The van der Waals surface area contributed by atoms with Crippen LogP contribution in [0.4, 0.5) is 24.6 Å². The van der Waals surface area contributed by atoms with E-state index in [1.165, 1.54) is 0 Å². The van der Waals surface area contributed by atoms with E-state index >= 15 is 0 Å². The van der Waals surface area contributed by atoms with Gasteiger partial charge in [-0.2, -0.15) is 0 Å². The minimum Gasteiger partial charge on any atom is -0.412 e. The SMILES string of the molecule is F[Si-2](F)(F)(F)(F)F.O.O.O.O.[Cu+2]. The van der Waals surface area contributed by atoms with E-state index < -0.39 is 8.63 Å². The molecule has 1 radical (unpaired) electrons. The van der Waals surface area contributed by atoms with Gasteiger partial charge in [0.1, 0.15) is 0 Å². The van der Waals surface area contributed by atoms with Gasteiger partial charge < -0.3 is 21.9 Å². The normalized spacial score (nSPS) is 13.5. The molecular formula is H8CuF6O4Si. The van der Waals surface area contributed by atoms with Crippen molar-refractivity contribution in [1.29, 1.82) is 0 Å². The van der Waals surface area contributed by atoms with Crippen molar-refractivity contribution in [2.24, 2.45) is 0 Å². The maximum atomic E-state index is 9.88. The molecule has 0 aromatic carbocycles. The van der Waals surface area contributed by atoms with Crippen LogP contribution in [0.25, 0.3) is 0 Å². The molecule has 0 aromatic heterocycles. The van der Waals surface area contributed by atoms with E-state index in [1.807, 2.05) is 0 Å². The molecule has 0 atom stereocenters. The molecule has 0 fully saturated rings. The Labute approximate surface area is 73.1 Å². The molecule has 0 aliphatic rings. The smallest absolute Gasteiger partial charge is 0.412 e. The minimum atomic E-state index is -10.8. The molecule has 89 valence electrons. The zero-order chi connectivity index (χ0) is 6.41. The maximum Gasteiger partial charge on any atom is 2.00 e. The second-order valence-corrected chi connectivity index (χ2v) is 3.21. The van der Waals surface area contributed by atoms with Gasteiger partial charge in [0.2, 0.25) is 0 Å². The molecular weight excluding hydrogens is 270 g/mol. The van der Waals surface area contributed by atoms with E-state index in [9.17, 15) is 24.6 Å². The molecule has 0 unspecified atom stereocenters. The van der Waals surface area contributed by atoms with Gasteiger partial charge in [0.25, 0.3) is 0 Å². The van der Waals surface area contributed by atoms with E-state index in [4.69, 9.17) is 0 Å². The fraction of sp³-hybridized carbons (Fsp3) is 0. The van der Waals surface area contributed by atoms with E-state index in [-0.39, 0.29) is 39.0 Å². The predicted molar refractivity (Wildman–Crippen MR) is 26.9 cm³/mol. The molecule has 0 rings (SSSR count). The van der Waals surface area contributed by atoms with Crippen molar-refractivity contribution < 1.29 is 63.6 Å². The number of hydrogen-bond donors (Lipinski definition) is 0. The molecule has 4 nitrogen and oxygen atoms in total. The molecule has 0 aromatic rings. The average molecular weight is 278 g/mol. The molecule has 8 N–H and O–H groups in total. The molecule has 12 heteroatoms. The third-order valence-corrected chi connectivity index (χ3v) is 0. The van der Waals surface area contributed by atoms with Gasteiger partial charge in [0.15, 0.2) is 0 Å². The van der Waals surface area contributed by atoms with Gasteiger partial charge in [-0.15, -0.1) is 0 Å². The van der Waals surface area contributed by atoms with Gasteiger partial charge in [-0.1, -0.05) is 0 Å². The Balaban J connectivity index is -0.0000000180. The van der Waals surface area contributed by atoms with Crippen LogP contribution in [0.5, 0.6) is 0 Å². The van der Waals surface area contributed by atoms with Crippen LogP contribution in [0.1, 0.15) is 0 Å². The van der Waals surface area contributed by atoms with Crippen molar-refractivity contribution >= 4 is 8.63 Å². The fourth-order valence-electron chi connectivity index (χ4n) is 0. The summed E-state index contributed by atoms with van der Waals surface area (Å²) >= 11 is 0. The predicted octanol–water partition coefficient (Wildman–Crippen LogP) is -1.16. The molecule has 0 aliphatic heterocycles. The second kappa shape index (κ2) is 5.01. The van der Waals surface area contributed by atoms with Crippen LogP contribution in [0.15, 0.2) is 0 Å². The summed E-state index contributed by atoms with van der Waals surface area (Å²) in [6.07, 6.45) is 0. The topological polar surface area (TPSA) is 126 Å². The molecule has 0 spiro atoms. The van der Waals surface area contributed by atoms with E-state index in [0.29, 0.717) is 0 Å². The Morgan fingerprint density at radius 2 is 0.500 bits per heavy atom. The largest absolute Gasteiger partial charge is 2.00 e. The first-order chi connectivity index (χ1) is 2.45. The Morgan fingerprint density at radius 1 is 0.500 bits per heavy atom. The van der Waals surface area contributed by atoms with Crippen LogP contribution in [0, 0.1) is 0 Å². The third kappa shape index (κ3) is 34800. The summed E-state index contributed by atoms with van der Waals surface area (Å²) in [7, 11) is -10.8. The van der Waals surface area contributed by atoms with Crippen LogP contribution >= 0.6 is 0 Å². The molecule has 0 amide bonds. The number of halogens is 6. The summed E-state index contributed by atoms with van der Waals surface area (Å²) in [4.78, 5) is 0. The van der Waals surface area contributed by atoms with Crippen LogP contribution < -0.4 is 0 Å². The van der Waals surface area contributed by atoms with Gasteiger partial charge in [0, 0.05) is 0 Å². The zero-order valence-corrected chi connectivity index (χ0v) is 7.01. The van der Waals surface area contributed by atoms with E-state index in [1.54, 1.807) is 0 Å². The first-order valence-electron chi connectivity index (χ1n) is 1.13. The van der Waals surface area contributed by atoms with Crippen molar-refractivity contribution in [3.05, 3.63) is 0 Å². The Morgan fingerprint density at radius 3 is 0.500 bits per heavy atom.